The van der Waals surface area contributed by atoms with Crippen molar-refractivity contribution in [2.75, 3.05) is 33.3 Å². The van der Waals surface area contributed by atoms with E-state index in [1.807, 2.05) is 7.11 Å². The first-order chi connectivity index (χ1) is 7.20. The fourth-order valence-corrected chi connectivity index (χ4v) is 2.81. The van der Waals surface area contributed by atoms with Gasteiger partial charge in [0.15, 0.2) is 0 Å². The fourth-order valence-electron chi connectivity index (χ4n) is 2.81. The highest BCUT2D eigenvalue weighted by Gasteiger charge is 2.33. The van der Waals surface area contributed by atoms with Gasteiger partial charge in [-0.2, -0.15) is 0 Å². The average molecular weight is 212 g/mol. The molecule has 15 heavy (non-hydrogen) atoms. The van der Waals surface area contributed by atoms with Crippen molar-refractivity contribution < 1.29 is 4.74 Å². The van der Waals surface area contributed by atoms with Gasteiger partial charge in [0.2, 0.25) is 0 Å². The van der Waals surface area contributed by atoms with Gasteiger partial charge in [-0.15, -0.1) is 0 Å². The molecule has 0 aliphatic carbocycles. The van der Waals surface area contributed by atoms with E-state index in [9.17, 15) is 0 Å². The zero-order valence-electron chi connectivity index (χ0n) is 10.3. The summed E-state index contributed by atoms with van der Waals surface area (Å²) in [6, 6.07) is 1.49. The molecule has 0 bridgehead atoms. The van der Waals surface area contributed by atoms with Gasteiger partial charge >= 0.3 is 0 Å². The summed E-state index contributed by atoms with van der Waals surface area (Å²) >= 11 is 0. The first-order valence-corrected chi connectivity index (χ1v) is 6.21. The second-order valence-electron chi connectivity index (χ2n) is 5.17. The minimum atomic E-state index is 0.484. The minimum Gasteiger partial charge on any atom is -0.380 e. The van der Waals surface area contributed by atoms with Gasteiger partial charge < -0.3 is 4.74 Å². The molecule has 0 radical (unpaired) electrons. The van der Waals surface area contributed by atoms with Crippen LogP contribution in [0.3, 0.4) is 0 Å². The van der Waals surface area contributed by atoms with Gasteiger partial charge in [-0.05, 0) is 26.7 Å². The van der Waals surface area contributed by atoms with Crippen LogP contribution in [-0.4, -0.2) is 61.3 Å². The lowest BCUT2D eigenvalue weighted by molar-refractivity contribution is 0.101. The molecule has 2 aliphatic heterocycles. The van der Waals surface area contributed by atoms with E-state index < -0.39 is 0 Å². The monoisotopic (exact) mass is 212 g/mol. The van der Waals surface area contributed by atoms with Gasteiger partial charge in [-0.3, -0.25) is 9.80 Å². The van der Waals surface area contributed by atoms with E-state index in [1.54, 1.807) is 0 Å². The number of ether oxygens (including phenoxy) is 1. The summed E-state index contributed by atoms with van der Waals surface area (Å²) in [4.78, 5) is 5.21. The van der Waals surface area contributed by atoms with Crippen LogP contribution in [0.25, 0.3) is 0 Å². The summed E-state index contributed by atoms with van der Waals surface area (Å²) in [6.45, 7) is 9.50. The molecule has 2 aliphatic rings. The third-order valence-corrected chi connectivity index (χ3v) is 3.95. The molecule has 0 aromatic rings. The van der Waals surface area contributed by atoms with E-state index in [2.05, 4.69) is 23.6 Å². The summed E-state index contributed by atoms with van der Waals surface area (Å²) in [5.41, 5.74) is 0. The molecule has 2 saturated heterocycles. The Bertz CT molecular complexity index is 208. The van der Waals surface area contributed by atoms with Crippen LogP contribution in [-0.2, 0) is 4.74 Å². The SMILES string of the molecule is COC1CCN(C2CCN(C(C)C)C2)C1. The molecule has 3 nitrogen and oxygen atoms in total. The molecular weight excluding hydrogens is 188 g/mol. The number of rotatable bonds is 3. The molecule has 0 aromatic heterocycles. The Balaban J connectivity index is 1.81. The first kappa shape index (κ1) is 11.4. The first-order valence-electron chi connectivity index (χ1n) is 6.21. The summed E-state index contributed by atoms with van der Waals surface area (Å²) in [5, 5.41) is 0. The maximum absolute atomic E-state index is 5.42. The second kappa shape index (κ2) is 4.81. The van der Waals surface area contributed by atoms with E-state index >= 15 is 0 Å². The molecule has 0 saturated carbocycles. The second-order valence-corrected chi connectivity index (χ2v) is 5.17. The van der Waals surface area contributed by atoms with Crippen molar-refractivity contribution in [3.8, 4) is 0 Å². The number of hydrogen-bond donors (Lipinski definition) is 0. The van der Waals surface area contributed by atoms with Crippen molar-refractivity contribution in [2.24, 2.45) is 0 Å². The zero-order chi connectivity index (χ0) is 10.8. The Morgan fingerprint density at radius 1 is 1.13 bits per heavy atom. The molecule has 0 amide bonds. The molecule has 3 heteroatoms. The minimum absolute atomic E-state index is 0.484. The third-order valence-electron chi connectivity index (χ3n) is 3.95. The predicted octanol–water partition coefficient (Wildman–Crippen LogP) is 1.19. The van der Waals surface area contributed by atoms with Crippen molar-refractivity contribution in [1.29, 1.82) is 0 Å². The van der Waals surface area contributed by atoms with Gasteiger partial charge in [0, 0.05) is 45.4 Å². The predicted molar refractivity (Wildman–Crippen MR) is 62.1 cm³/mol. The molecule has 2 heterocycles. The summed E-state index contributed by atoms with van der Waals surface area (Å²) in [7, 11) is 1.84. The van der Waals surface area contributed by atoms with Crippen molar-refractivity contribution >= 4 is 0 Å². The van der Waals surface area contributed by atoms with Gasteiger partial charge in [0.1, 0.15) is 0 Å². The topological polar surface area (TPSA) is 15.7 Å². The molecule has 88 valence electrons. The lowest BCUT2D eigenvalue weighted by atomic mass is 10.2. The molecule has 0 aromatic carbocycles. The smallest absolute Gasteiger partial charge is 0.0710 e. The summed E-state index contributed by atoms with van der Waals surface area (Å²) in [6.07, 6.45) is 3.04. The third kappa shape index (κ3) is 2.52. The maximum Gasteiger partial charge on any atom is 0.0710 e. The van der Waals surface area contributed by atoms with Crippen LogP contribution in [0.1, 0.15) is 26.7 Å². The fraction of sp³-hybridized carbons (Fsp3) is 1.00. The van der Waals surface area contributed by atoms with Crippen LogP contribution in [0.2, 0.25) is 0 Å². The summed E-state index contributed by atoms with van der Waals surface area (Å²) in [5.74, 6) is 0. The molecule has 0 spiro atoms. The molecule has 2 fully saturated rings. The molecule has 2 unspecified atom stereocenters. The van der Waals surface area contributed by atoms with Crippen molar-refractivity contribution in [3.63, 3.8) is 0 Å². The average Bonchev–Trinajstić information content (AvgIpc) is 2.86. The zero-order valence-corrected chi connectivity index (χ0v) is 10.3. The number of nitrogens with zero attached hydrogens (tertiary/aromatic N) is 2. The number of likely N-dealkylation sites (tertiary alicyclic amines) is 2. The molecular formula is C12H24N2O. The van der Waals surface area contributed by atoms with Crippen LogP contribution < -0.4 is 0 Å². The van der Waals surface area contributed by atoms with Gasteiger partial charge in [-0.25, -0.2) is 0 Å². The van der Waals surface area contributed by atoms with E-state index in [-0.39, 0.29) is 0 Å². The Kier molecular flexibility index (Phi) is 3.65. The number of hydrogen-bond acceptors (Lipinski definition) is 3. The van der Waals surface area contributed by atoms with E-state index in [4.69, 9.17) is 4.74 Å². The highest BCUT2D eigenvalue weighted by molar-refractivity contribution is 4.89. The highest BCUT2D eigenvalue weighted by atomic mass is 16.5. The Hall–Kier alpha value is -0.120. The van der Waals surface area contributed by atoms with Gasteiger partial charge in [-0.1, -0.05) is 0 Å². The highest BCUT2D eigenvalue weighted by Crippen LogP contribution is 2.22. The van der Waals surface area contributed by atoms with Crippen LogP contribution in [0.15, 0.2) is 0 Å². The van der Waals surface area contributed by atoms with E-state index in [1.165, 1.54) is 32.5 Å². The Morgan fingerprint density at radius 3 is 2.47 bits per heavy atom. The van der Waals surface area contributed by atoms with Crippen molar-refractivity contribution in [2.45, 2.75) is 44.9 Å². The van der Waals surface area contributed by atoms with Crippen LogP contribution in [0.5, 0.6) is 0 Å². The molecule has 0 N–H and O–H groups in total. The van der Waals surface area contributed by atoms with E-state index in [0.29, 0.717) is 12.1 Å². The van der Waals surface area contributed by atoms with E-state index in [0.717, 1.165) is 12.6 Å². The van der Waals surface area contributed by atoms with Gasteiger partial charge in [0.05, 0.1) is 6.10 Å². The van der Waals surface area contributed by atoms with Crippen molar-refractivity contribution in [1.82, 2.24) is 9.80 Å². The summed E-state index contributed by atoms with van der Waals surface area (Å²) < 4.78 is 5.42. The van der Waals surface area contributed by atoms with Crippen LogP contribution >= 0.6 is 0 Å². The largest absolute Gasteiger partial charge is 0.380 e. The number of methoxy groups -OCH3 is 1. The van der Waals surface area contributed by atoms with Gasteiger partial charge in [0.25, 0.3) is 0 Å². The quantitative estimate of drug-likeness (QED) is 0.699. The van der Waals surface area contributed by atoms with Crippen LogP contribution in [0.4, 0.5) is 0 Å². The maximum atomic E-state index is 5.42. The standard InChI is InChI=1S/C12H24N2O/c1-10(2)13-6-4-11(8-13)14-7-5-12(9-14)15-3/h10-12H,4-9H2,1-3H3. The Labute approximate surface area is 93.4 Å². The molecule has 2 rings (SSSR count). The Morgan fingerprint density at radius 2 is 1.93 bits per heavy atom. The van der Waals surface area contributed by atoms with Crippen LogP contribution in [0, 0.1) is 0 Å². The normalized spacial score (nSPS) is 34.4. The lowest BCUT2D eigenvalue weighted by Crippen LogP contribution is -2.38. The molecule has 2 atom stereocenters. The lowest BCUT2D eigenvalue weighted by Gasteiger charge is -2.25. The van der Waals surface area contributed by atoms with Crippen molar-refractivity contribution in [3.05, 3.63) is 0 Å².